The first-order valence-corrected chi connectivity index (χ1v) is 18.0. The minimum atomic E-state index is -0.460. The second-order valence-corrected chi connectivity index (χ2v) is 15.2. The van der Waals surface area contributed by atoms with E-state index in [1.54, 1.807) is 24.7 Å². The van der Waals surface area contributed by atoms with Gasteiger partial charge in [-0.15, -0.1) is 0 Å². The molecule has 0 amide bonds. The Morgan fingerprint density at radius 2 is 0.980 bits per heavy atom. The topological polar surface area (TPSA) is 159 Å². The lowest BCUT2D eigenvalue weighted by Crippen LogP contribution is -2.46. The highest BCUT2D eigenvalue weighted by molar-refractivity contribution is 5.35. The van der Waals surface area contributed by atoms with Gasteiger partial charge in [0.05, 0.1) is 29.6 Å². The molecule has 0 radical (unpaired) electrons. The van der Waals surface area contributed by atoms with Gasteiger partial charge in [0.15, 0.2) is 0 Å². The minimum Gasteiger partial charge on any atom is -0.311 e. The van der Waals surface area contributed by atoms with Gasteiger partial charge >= 0.3 is 0 Å². The van der Waals surface area contributed by atoms with Crippen molar-refractivity contribution in [2.45, 2.75) is 136 Å². The average Bonchev–Trinajstić information content (AvgIpc) is 3.82. The molecule has 6 aliphatic heterocycles. The molecule has 0 aliphatic carbocycles. The third-order valence-electron chi connectivity index (χ3n) is 11.8. The molecule has 6 fully saturated rings. The van der Waals surface area contributed by atoms with E-state index in [4.69, 9.17) is 0 Å². The van der Waals surface area contributed by atoms with Crippen LogP contribution in [0.15, 0.2) is 61.2 Å². The van der Waals surface area contributed by atoms with Crippen LogP contribution < -0.4 is 16.0 Å². The van der Waals surface area contributed by atoms with Crippen LogP contribution >= 0.6 is 0 Å². The van der Waals surface area contributed by atoms with Crippen LogP contribution in [0.3, 0.4) is 0 Å². The van der Waals surface area contributed by atoms with Gasteiger partial charge in [0.1, 0.15) is 22.1 Å². The van der Waals surface area contributed by atoms with Crippen molar-refractivity contribution >= 4 is 0 Å². The molecule has 10 heteroatoms. The molecule has 6 unspecified atom stereocenters. The van der Waals surface area contributed by atoms with Crippen LogP contribution in [0.2, 0.25) is 0 Å². The predicted molar refractivity (Wildman–Crippen MR) is 185 cm³/mol. The lowest BCUT2D eigenvalue weighted by molar-refractivity contribution is 0.293. The van der Waals surface area contributed by atoms with Crippen molar-refractivity contribution in [3.05, 3.63) is 84.0 Å². The van der Waals surface area contributed by atoms with Crippen molar-refractivity contribution in [1.29, 1.82) is 15.8 Å². The Morgan fingerprint density at radius 1 is 0.531 bits per heavy atom. The Labute approximate surface area is 289 Å². The number of pyridine rings is 2. The Balaban J connectivity index is 0.000000116. The van der Waals surface area contributed by atoms with Crippen molar-refractivity contribution in [3.8, 4) is 18.2 Å². The minimum absolute atomic E-state index is 0.349. The predicted octanol–water partition coefficient (Wildman–Crippen LogP) is 4.98. The maximum Gasteiger partial charge on any atom is 0.148 e. The van der Waals surface area contributed by atoms with Crippen LogP contribution in [0.5, 0.6) is 0 Å². The van der Waals surface area contributed by atoms with Crippen molar-refractivity contribution in [2.24, 2.45) is 0 Å². The smallest absolute Gasteiger partial charge is 0.148 e. The standard InChI is InChI=1S/C14H17N3.C13H15N3.C12H14N4/c1-10-3-2-6-16-13(10)14(9-15)7-11-4-5-12(8-14)17-11;14-9-13(12-3-1-2-6-15-12)7-10-4-5-11(8-13)16-10;13-8-12(11-14-4-1-5-15-11)6-9-2-3-10(7-12)16-9/h2-3,6,11-12,17H,4-5,7-8H2,1H3;1-3,6,10-11,16H,4-5,7-8H2;1,4-5,9-10,16H,2-3,6-7H2. The molecular weight excluding hydrogens is 608 g/mol. The molecule has 3 aromatic heterocycles. The molecule has 6 bridgehead atoms. The highest BCUT2D eigenvalue weighted by Crippen LogP contribution is 2.43. The van der Waals surface area contributed by atoms with Gasteiger partial charge < -0.3 is 16.0 Å². The molecule has 0 spiro atoms. The number of piperidine rings is 3. The summed E-state index contributed by atoms with van der Waals surface area (Å²) in [6.07, 6.45) is 19.6. The summed E-state index contributed by atoms with van der Waals surface area (Å²) in [5, 5.41) is 39.4. The quantitative estimate of drug-likeness (QED) is 0.352. The molecule has 0 saturated carbocycles. The van der Waals surface area contributed by atoms with Gasteiger partial charge in [-0.25, -0.2) is 9.97 Å². The maximum atomic E-state index is 9.66. The molecule has 6 atom stereocenters. The van der Waals surface area contributed by atoms with Gasteiger partial charge in [0.2, 0.25) is 0 Å². The summed E-state index contributed by atoms with van der Waals surface area (Å²) < 4.78 is 0. The van der Waals surface area contributed by atoms with E-state index in [2.05, 4.69) is 67.1 Å². The van der Waals surface area contributed by atoms with Crippen LogP contribution in [-0.2, 0) is 16.2 Å². The van der Waals surface area contributed by atoms with Gasteiger partial charge in [-0.1, -0.05) is 12.1 Å². The number of aryl methyl sites for hydroxylation is 1. The van der Waals surface area contributed by atoms with Gasteiger partial charge in [-0.05, 0) is 114 Å². The molecule has 10 nitrogen and oxygen atoms in total. The summed E-state index contributed by atoms with van der Waals surface area (Å²) in [6.45, 7) is 2.06. The monoisotopic (exact) mass is 654 g/mol. The van der Waals surface area contributed by atoms with Gasteiger partial charge in [-0.2, -0.15) is 15.8 Å². The van der Waals surface area contributed by atoms with Gasteiger partial charge in [0, 0.05) is 61.0 Å². The summed E-state index contributed by atoms with van der Waals surface area (Å²) in [5.74, 6) is 0.705. The molecular formula is C39H46N10. The van der Waals surface area contributed by atoms with Crippen molar-refractivity contribution < 1.29 is 0 Å². The van der Waals surface area contributed by atoms with Crippen LogP contribution in [0, 0.1) is 40.9 Å². The Hall–Kier alpha value is -4.27. The van der Waals surface area contributed by atoms with Crippen LogP contribution in [0.25, 0.3) is 0 Å². The molecule has 9 heterocycles. The summed E-state index contributed by atoms with van der Waals surface area (Å²) >= 11 is 0. The zero-order valence-corrected chi connectivity index (χ0v) is 28.4. The number of nitrogens with one attached hydrogen (secondary N) is 3. The normalized spacial score (nSPS) is 36.4. The number of fused-ring (bicyclic) bond motifs is 6. The van der Waals surface area contributed by atoms with Crippen LogP contribution in [0.1, 0.15) is 99.8 Å². The van der Waals surface area contributed by atoms with Gasteiger partial charge in [-0.3, -0.25) is 9.97 Å². The van der Waals surface area contributed by atoms with E-state index in [1.165, 1.54) is 38.5 Å². The molecule has 6 aliphatic rings. The number of nitriles is 3. The second-order valence-electron chi connectivity index (χ2n) is 15.2. The van der Waals surface area contributed by atoms with E-state index in [0.29, 0.717) is 42.1 Å². The molecule has 3 aromatic rings. The van der Waals surface area contributed by atoms with Gasteiger partial charge in [0.25, 0.3) is 0 Å². The Bertz CT molecular complexity index is 1600. The number of hydrogen-bond donors (Lipinski definition) is 3. The maximum absolute atomic E-state index is 9.66. The first kappa shape index (κ1) is 33.2. The van der Waals surface area contributed by atoms with E-state index < -0.39 is 5.41 Å². The van der Waals surface area contributed by atoms with E-state index >= 15 is 0 Å². The molecule has 6 saturated heterocycles. The number of nitrogens with zero attached hydrogens (tertiary/aromatic N) is 7. The first-order valence-electron chi connectivity index (χ1n) is 18.0. The first-order chi connectivity index (χ1) is 23.9. The number of hydrogen-bond acceptors (Lipinski definition) is 10. The summed E-state index contributed by atoms with van der Waals surface area (Å²) in [5.41, 5.74) is 1.94. The van der Waals surface area contributed by atoms with E-state index in [1.807, 2.05) is 30.5 Å². The Morgan fingerprint density at radius 3 is 1.43 bits per heavy atom. The van der Waals surface area contributed by atoms with E-state index in [-0.39, 0.29) is 10.8 Å². The lowest BCUT2D eigenvalue weighted by Gasteiger charge is -2.36. The second kappa shape index (κ2) is 13.9. The van der Waals surface area contributed by atoms with E-state index in [0.717, 1.165) is 55.5 Å². The largest absolute Gasteiger partial charge is 0.311 e. The molecule has 0 aromatic carbocycles. The van der Waals surface area contributed by atoms with Crippen LogP contribution in [0.4, 0.5) is 0 Å². The molecule has 252 valence electrons. The fourth-order valence-corrected chi connectivity index (χ4v) is 9.64. The molecule has 49 heavy (non-hydrogen) atoms. The highest BCUT2D eigenvalue weighted by atomic mass is 15.0. The SMILES string of the molecule is Cc1cccnc1C1(C#N)CC2CCC(C1)N2.N#CC1(c2ccccn2)CC2CCC(C1)N2.N#CC1(c2ncccn2)CC2CCC(C1)N2. The van der Waals surface area contributed by atoms with Crippen molar-refractivity contribution in [3.63, 3.8) is 0 Å². The highest BCUT2D eigenvalue weighted by Gasteiger charge is 2.48. The fraction of sp³-hybridized carbons (Fsp3) is 0.564. The third-order valence-corrected chi connectivity index (χ3v) is 11.8. The molecule has 3 N–H and O–H groups in total. The van der Waals surface area contributed by atoms with Crippen molar-refractivity contribution in [1.82, 2.24) is 35.9 Å². The average molecular weight is 655 g/mol. The number of rotatable bonds is 3. The lowest BCUT2D eigenvalue weighted by atomic mass is 9.73. The summed E-state index contributed by atoms with van der Waals surface area (Å²) in [6, 6.07) is 22.2. The zero-order valence-electron chi connectivity index (χ0n) is 28.4. The van der Waals surface area contributed by atoms with E-state index in [9.17, 15) is 15.8 Å². The molecule has 9 rings (SSSR count). The zero-order chi connectivity index (χ0) is 33.9. The summed E-state index contributed by atoms with van der Waals surface area (Å²) in [7, 11) is 0. The van der Waals surface area contributed by atoms with Crippen molar-refractivity contribution in [2.75, 3.05) is 0 Å². The third kappa shape index (κ3) is 6.69. The fourth-order valence-electron chi connectivity index (χ4n) is 9.64. The van der Waals surface area contributed by atoms with Crippen LogP contribution in [-0.4, -0.2) is 56.2 Å². The Kier molecular flexibility index (Phi) is 9.44. The number of aromatic nitrogens is 4. The summed E-state index contributed by atoms with van der Waals surface area (Å²) in [4.78, 5) is 17.4.